The Balaban J connectivity index is 2.15. The fourth-order valence-corrected chi connectivity index (χ4v) is 4.93. The summed E-state index contributed by atoms with van der Waals surface area (Å²) in [7, 11) is -2.28. The zero-order valence-electron chi connectivity index (χ0n) is 16.0. The van der Waals surface area contributed by atoms with Gasteiger partial charge in [-0.15, -0.1) is 0 Å². The molecule has 6 heteroatoms. The fourth-order valence-electron chi connectivity index (χ4n) is 3.01. The highest BCUT2D eigenvalue weighted by molar-refractivity contribution is 7.92. The minimum atomic E-state index is -3.85. The zero-order chi connectivity index (χ0) is 20.3. The van der Waals surface area contributed by atoms with Crippen LogP contribution in [0.25, 0.3) is 0 Å². The van der Waals surface area contributed by atoms with Crippen LogP contribution in [0.1, 0.15) is 24.1 Å². The lowest BCUT2D eigenvalue weighted by Gasteiger charge is -2.31. The number of methoxy groups -OCH3 is 1. The molecule has 0 fully saturated rings. The molecule has 3 aromatic rings. The van der Waals surface area contributed by atoms with Gasteiger partial charge >= 0.3 is 0 Å². The van der Waals surface area contributed by atoms with E-state index < -0.39 is 16.1 Å². The molecule has 28 heavy (non-hydrogen) atoms. The highest BCUT2D eigenvalue weighted by Crippen LogP contribution is 2.35. The maximum absolute atomic E-state index is 13.6. The van der Waals surface area contributed by atoms with E-state index in [4.69, 9.17) is 16.3 Å². The minimum absolute atomic E-state index is 0.154. The first-order valence-corrected chi connectivity index (χ1v) is 10.7. The van der Waals surface area contributed by atoms with Crippen molar-refractivity contribution in [2.45, 2.75) is 24.8 Å². The molecule has 0 aliphatic heterocycles. The van der Waals surface area contributed by atoms with E-state index in [1.807, 2.05) is 44.2 Å². The Morgan fingerprint density at radius 2 is 1.61 bits per heavy atom. The van der Waals surface area contributed by atoms with E-state index in [0.717, 1.165) is 11.1 Å². The third-order valence-electron chi connectivity index (χ3n) is 4.66. The van der Waals surface area contributed by atoms with Crippen molar-refractivity contribution in [3.8, 4) is 5.75 Å². The SMILES string of the molecule is COc1ccc(N([C@H](C)c2ccccc2)S(=O)(=O)c2ccc(C)c(Cl)c2)cc1. The number of halogens is 1. The first-order valence-electron chi connectivity index (χ1n) is 8.84. The summed E-state index contributed by atoms with van der Waals surface area (Å²) in [6, 6.07) is 20.9. The molecule has 3 aromatic carbocycles. The topological polar surface area (TPSA) is 46.6 Å². The lowest BCUT2D eigenvalue weighted by molar-refractivity contribution is 0.415. The Morgan fingerprint density at radius 1 is 0.964 bits per heavy atom. The lowest BCUT2D eigenvalue weighted by atomic mass is 10.1. The van der Waals surface area contributed by atoms with E-state index in [9.17, 15) is 8.42 Å². The summed E-state index contributed by atoms with van der Waals surface area (Å²) >= 11 is 6.21. The number of sulfonamides is 1. The number of hydrogen-bond donors (Lipinski definition) is 0. The second-order valence-electron chi connectivity index (χ2n) is 6.50. The molecule has 0 amide bonds. The highest BCUT2D eigenvalue weighted by atomic mass is 35.5. The van der Waals surface area contributed by atoms with Gasteiger partial charge in [-0.25, -0.2) is 8.42 Å². The van der Waals surface area contributed by atoms with Crippen LogP contribution in [0.2, 0.25) is 5.02 Å². The predicted molar refractivity (Wildman–Crippen MR) is 114 cm³/mol. The van der Waals surface area contributed by atoms with Crippen LogP contribution in [-0.2, 0) is 10.0 Å². The summed E-state index contributed by atoms with van der Waals surface area (Å²) in [6.45, 7) is 3.71. The number of ether oxygens (including phenoxy) is 1. The summed E-state index contributed by atoms with van der Waals surface area (Å²) in [5, 5.41) is 0.420. The number of benzene rings is 3. The Morgan fingerprint density at radius 3 is 2.18 bits per heavy atom. The third-order valence-corrected chi connectivity index (χ3v) is 6.96. The van der Waals surface area contributed by atoms with Gasteiger partial charge in [-0.3, -0.25) is 4.31 Å². The summed E-state index contributed by atoms with van der Waals surface area (Å²) in [6.07, 6.45) is 0. The summed E-state index contributed by atoms with van der Waals surface area (Å²) in [4.78, 5) is 0.154. The number of aryl methyl sites for hydroxylation is 1. The van der Waals surface area contributed by atoms with Crippen molar-refractivity contribution in [1.29, 1.82) is 0 Å². The summed E-state index contributed by atoms with van der Waals surface area (Å²) in [5.41, 5.74) is 2.27. The van der Waals surface area contributed by atoms with Gasteiger partial charge < -0.3 is 4.74 Å². The number of anilines is 1. The largest absolute Gasteiger partial charge is 0.497 e. The Bertz CT molecular complexity index is 1050. The molecule has 0 spiro atoms. The molecule has 3 rings (SSSR count). The second-order valence-corrected chi connectivity index (χ2v) is 8.72. The maximum atomic E-state index is 13.6. The van der Waals surface area contributed by atoms with Crippen molar-refractivity contribution in [3.63, 3.8) is 0 Å². The Hall–Kier alpha value is -2.50. The van der Waals surface area contributed by atoms with Crippen LogP contribution in [0.5, 0.6) is 5.75 Å². The van der Waals surface area contributed by atoms with Crippen molar-refractivity contribution < 1.29 is 13.2 Å². The monoisotopic (exact) mass is 415 g/mol. The van der Waals surface area contributed by atoms with Gasteiger partial charge in [0.15, 0.2) is 0 Å². The maximum Gasteiger partial charge on any atom is 0.264 e. The van der Waals surface area contributed by atoms with Crippen molar-refractivity contribution >= 4 is 27.3 Å². The van der Waals surface area contributed by atoms with Gasteiger partial charge in [0, 0.05) is 5.02 Å². The van der Waals surface area contributed by atoms with Crippen molar-refractivity contribution in [1.82, 2.24) is 0 Å². The van der Waals surface area contributed by atoms with Gasteiger partial charge in [-0.2, -0.15) is 0 Å². The first kappa shape index (κ1) is 20.2. The van der Waals surface area contributed by atoms with Crippen molar-refractivity contribution in [3.05, 3.63) is 88.9 Å². The fraction of sp³-hybridized carbons (Fsp3) is 0.182. The molecule has 0 aliphatic rings. The molecule has 0 N–H and O–H groups in total. The van der Waals surface area contributed by atoms with Gasteiger partial charge in [0.2, 0.25) is 0 Å². The van der Waals surface area contributed by atoms with Crippen LogP contribution in [0, 0.1) is 6.92 Å². The van der Waals surface area contributed by atoms with Gasteiger partial charge in [0.25, 0.3) is 10.0 Å². The predicted octanol–water partition coefficient (Wildman–Crippen LogP) is 5.61. The van der Waals surface area contributed by atoms with Gasteiger partial charge in [0.05, 0.1) is 23.7 Å². The molecule has 1 atom stereocenters. The molecule has 0 saturated heterocycles. The van der Waals surface area contributed by atoms with E-state index in [2.05, 4.69) is 0 Å². The number of rotatable bonds is 6. The van der Waals surface area contributed by atoms with E-state index in [1.165, 1.54) is 10.4 Å². The summed E-state index contributed by atoms with van der Waals surface area (Å²) < 4.78 is 33.8. The second kappa shape index (κ2) is 8.25. The highest BCUT2D eigenvalue weighted by Gasteiger charge is 2.30. The van der Waals surface area contributed by atoms with Crippen LogP contribution >= 0.6 is 11.6 Å². The van der Waals surface area contributed by atoms with Crippen molar-refractivity contribution in [2.24, 2.45) is 0 Å². The van der Waals surface area contributed by atoms with E-state index in [-0.39, 0.29) is 4.90 Å². The normalized spacial score (nSPS) is 12.4. The Labute approximate surface area is 171 Å². The first-order chi connectivity index (χ1) is 13.3. The molecule has 0 heterocycles. The van der Waals surface area contributed by atoms with Gasteiger partial charge in [-0.05, 0) is 61.4 Å². The average molecular weight is 416 g/mol. The Kier molecular flexibility index (Phi) is 5.96. The van der Waals surface area contributed by atoms with E-state index >= 15 is 0 Å². The van der Waals surface area contributed by atoms with Crippen LogP contribution in [0.15, 0.2) is 77.7 Å². The molecular weight excluding hydrogens is 394 g/mol. The third kappa shape index (κ3) is 4.01. The van der Waals surface area contributed by atoms with Crippen LogP contribution in [0.4, 0.5) is 5.69 Å². The van der Waals surface area contributed by atoms with Gasteiger partial charge in [0.1, 0.15) is 5.75 Å². The van der Waals surface area contributed by atoms with Crippen LogP contribution in [0.3, 0.4) is 0 Å². The summed E-state index contributed by atoms with van der Waals surface area (Å²) in [5.74, 6) is 0.659. The lowest BCUT2D eigenvalue weighted by Crippen LogP contribution is -2.33. The van der Waals surface area contributed by atoms with Gasteiger partial charge in [-0.1, -0.05) is 48.0 Å². The molecule has 0 aromatic heterocycles. The molecule has 0 saturated carbocycles. The minimum Gasteiger partial charge on any atom is -0.497 e. The number of nitrogens with zero attached hydrogens (tertiary/aromatic N) is 1. The number of hydrogen-bond acceptors (Lipinski definition) is 3. The zero-order valence-corrected chi connectivity index (χ0v) is 17.5. The van der Waals surface area contributed by atoms with E-state index in [1.54, 1.807) is 43.5 Å². The molecule has 4 nitrogen and oxygen atoms in total. The molecular formula is C22H22ClNO3S. The molecule has 0 bridgehead atoms. The molecule has 0 aliphatic carbocycles. The quantitative estimate of drug-likeness (QED) is 0.525. The molecule has 0 radical (unpaired) electrons. The molecule has 146 valence electrons. The van der Waals surface area contributed by atoms with Crippen molar-refractivity contribution in [2.75, 3.05) is 11.4 Å². The van der Waals surface area contributed by atoms with E-state index in [0.29, 0.717) is 16.5 Å². The standard InChI is InChI=1S/C22H22ClNO3S/c1-16-9-14-21(15-22(16)23)28(25,26)24(17(2)18-7-5-4-6-8-18)19-10-12-20(27-3)13-11-19/h4-15,17H,1-3H3/t17-/m1/s1. The van der Waals surface area contributed by atoms with Crippen LogP contribution < -0.4 is 9.04 Å². The van der Waals surface area contributed by atoms with Crippen LogP contribution in [-0.4, -0.2) is 15.5 Å². The smallest absolute Gasteiger partial charge is 0.264 e. The molecule has 0 unspecified atom stereocenters. The average Bonchev–Trinajstić information content (AvgIpc) is 2.71.